The molecule has 0 spiro atoms. The molecule has 1 aliphatic rings. The molecule has 0 saturated heterocycles. The molecule has 1 aromatic heterocycles. The number of phenolic OH excluding ortho intramolecular Hbond substituents is 1. The lowest BCUT2D eigenvalue weighted by molar-refractivity contribution is -0.127. The molecule has 1 saturated carbocycles. The van der Waals surface area contributed by atoms with E-state index in [1.165, 1.54) is 34.9 Å². The number of esters is 1. The highest BCUT2D eigenvalue weighted by molar-refractivity contribution is 6.02. The Kier molecular flexibility index (Phi) is 8.04. The van der Waals surface area contributed by atoms with Crippen molar-refractivity contribution in [2.45, 2.75) is 50.7 Å². The first-order valence-electron chi connectivity index (χ1n) is 13.3. The molecule has 10 nitrogen and oxygen atoms in total. The summed E-state index contributed by atoms with van der Waals surface area (Å²) in [7, 11) is 1.28. The van der Waals surface area contributed by atoms with E-state index in [9.17, 15) is 19.5 Å². The first-order valence-corrected chi connectivity index (χ1v) is 13.3. The topological polar surface area (TPSA) is 127 Å². The highest BCUT2D eigenvalue weighted by atomic mass is 16.5. The predicted octanol–water partition coefficient (Wildman–Crippen LogP) is 4.15. The van der Waals surface area contributed by atoms with E-state index in [2.05, 4.69) is 15.6 Å². The maximum atomic E-state index is 14.2. The zero-order valence-electron chi connectivity index (χ0n) is 22.2. The van der Waals surface area contributed by atoms with Gasteiger partial charge in [-0.25, -0.2) is 9.48 Å². The van der Waals surface area contributed by atoms with Crippen LogP contribution < -0.4 is 10.2 Å². The predicted molar refractivity (Wildman–Crippen MR) is 149 cm³/mol. The molecule has 10 heteroatoms. The van der Waals surface area contributed by atoms with Crippen LogP contribution in [0.2, 0.25) is 0 Å². The standard InChI is InChI=1S/C30H31N5O5/c1-40-30(39)21-8-7-11-23(18-21)35(27(37)19-34-26-13-6-5-12-25(26)32-33-34)28(20-14-16-24(36)17-15-20)29(38)31-22-9-3-2-4-10-22/h5-8,11-18,22,28,36H,2-4,9-10,19H2,1H3,(H,31,38). The minimum atomic E-state index is -1.09. The van der Waals surface area contributed by atoms with Crippen molar-refractivity contribution in [2.75, 3.05) is 12.0 Å². The van der Waals surface area contributed by atoms with E-state index in [-0.39, 0.29) is 29.8 Å². The molecule has 1 atom stereocenters. The lowest BCUT2D eigenvalue weighted by Gasteiger charge is -2.33. The minimum Gasteiger partial charge on any atom is -0.508 e. The minimum absolute atomic E-state index is 0.00141. The highest BCUT2D eigenvalue weighted by Gasteiger charge is 2.35. The molecule has 5 rings (SSSR count). The fourth-order valence-corrected chi connectivity index (χ4v) is 5.18. The van der Waals surface area contributed by atoms with E-state index >= 15 is 0 Å². The van der Waals surface area contributed by atoms with Crippen molar-refractivity contribution in [3.8, 4) is 5.75 Å². The number of aromatic hydroxyl groups is 1. The number of carbonyl (C=O) groups is 3. The molecule has 1 fully saturated rings. The summed E-state index contributed by atoms with van der Waals surface area (Å²) in [6.45, 7) is -0.200. The first kappa shape index (κ1) is 26.9. The third kappa shape index (κ3) is 5.80. The van der Waals surface area contributed by atoms with E-state index in [0.717, 1.165) is 32.1 Å². The van der Waals surface area contributed by atoms with Gasteiger partial charge in [0.25, 0.3) is 0 Å². The summed E-state index contributed by atoms with van der Waals surface area (Å²) in [5.41, 5.74) is 2.40. The van der Waals surface area contributed by atoms with Crippen LogP contribution in [0, 0.1) is 0 Å². The smallest absolute Gasteiger partial charge is 0.337 e. The van der Waals surface area contributed by atoms with Gasteiger partial charge in [0.05, 0.1) is 18.2 Å². The van der Waals surface area contributed by atoms with Gasteiger partial charge in [0.2, 0.25) is 11.8 Å². The lowest BCUT2D eigenvalue weighted by atomic mass is 9.94. The van der Waals surface area contributed by atoms with Crippen molar-refractivity contribution in [1.29, 1.82) is 0 Å². The zero-order chi connectivity index (χ0) is 28.1. The van der Waals surface area contributed by atoms with E-state index < -0.39 is 17.9 Å². The number of hydrogen-bond acceptors (Lipinski definition) is 7. The van der Waals surface area contributed by atoms with E-state index in [1.54, 1.807) is 36.4 Å². The Balaban J connectivity index is 1.59. The van der Waals surface area contributed by atoms with Crippen molar-refractivity contribution in [2.24, 2.45) is 0 Å². The second kappa shape index (κ2) is 12.0. The number of carbonyl (C=O) groups excluding carboxylic acids is 3. The summed E-state index contributed by atoms with van der Waals surface area (Å²) < 4.78 is 6.39. The number of nitrogens with zero attached hydrogens (tertiary/aromatic N) is 4. The molecular weight excluding hydrogens is 510 g/mol. The lowest BCUT2D eigenvalue weighted by Crippen LogP contribution is -2.48. The third-order valence-corrected chi connectivity index (χ3v) is 7.19. The molecular formula is C30H31N5O5. The van der Waals surface area contributed by atoms with E-state index in [4.69, 9.17) is 4.74 Å². The number of anilines is 1. The molecule has 3 aromatic carbocycles. The number of fused-ring (bicyclic) bond motifs is 1. The number of hydrogen-bond donors (Lipinski definition) is 2. The molecule has 0 radical (unpaired) electrons. The number of methoxy groups -OCH3 is 1. The van der Waals surface area contributed by atoms with Crippen molar-refractivity contribution in [1.82, 2.24) is 20.3 Å². The number of benzene rings is 3. The molecule has 1 unspecified atom stereocenters. The Bertz CT molecular complexity index is 1510. The highest BCUT2D eigenvalue weighted by Crippen LogP contribution is 2.31. The Hall–Kier alpha value is -4.73. The van der Waals surface area contributed by atoms with Gasteiger partial charge in [0, 0.05) is 11.7 Å². The molecule has 1 heterocycles. The van der Waals surface area contributed by atoms with Crippen molar-refractivity contribution in [3.05, 3.63) is 83.9 Å². The van der Waals surface area contributed by atoms with Crippen molar-refractivity contribution in [3.63, 3.8) is 0 Å². The van der Waals surface area contributed by atoms with Crippen LogP contribution in [-0.2, 0) is 20.9 Å². The molecule has 206 valence electrons. The van der Waals surface area contributed by atoms with Crippen LogP contribution >= 0.6 is 0 Å². The summed E-state index contributed by atoms with van der Waals surface area (Å²) in [5, 5.41) is 21.4. The number of phenols is 1. The second-order valence-corrected chi connectivity index (χ2v) is 9.88. The number of rotatable bonds is 8. The zero-order valence-corrected chi connectivity index (χ0v) is 22.2. The van der Waals surface area contributed by atoms with Gasteiger partial charge in [-0.3, -0.25) is 14.5 Å². The van der Waals surface area contributed by atoms with Crippen LogP contribution in [0.1, 0.15) is 54.1 Å². The number of para-hydroxylation sites is 1. The Morgan fingerprint density at radius 2 is 1.77 bits per heavy atom. The van der Waals surface area contributed by atoms with Gasteiger partial charge in [-0.2, -0.15) is 0 Å². The Morgan fingerprint density at radius 3 is 2.52 bits per heavy atom. The summed E-state index contributed by atoms with van der Waals surface area (Å²) in [5.74, 6) is -1.31. The summed E-state index contributed by atoms with van der Waals surface area (Å²) in [4.78, 5) is 41.9. The van der Waals surface area contributed by atoms with E-state index in [1.807, 2.05) is 18.2 Å². The average Bonchev–Trinajstić information content (AvgIpc) is 3.39. The number of ether oxygens (including phenoxy) is 1. The summed E-state index contributed by atoms with van der Waals surface area (Å²) >= 11 is 0. The average molecular weight is 542 g/mol. The number of nitrogens with one attached hydrogen (secondary N) is 1. The molecule has 2 amide bonds. The fourth-order valence-electron chi connectivity index (χ4n) is 5.18. The SMILES string of the molecule is COC(=O)c1cccc(N(C(=O)Cn2nnc3ccccc32)C(C(=O)NC2CCCCC2)c2ccc(O)cc2)c1. The van der Waals surface area contributed by atoms with Crippen molar-refractivity contribution >= 4 is 34.5 Å². The van der Waals surface area contributed by atoms with Gasteiger partial charge in [-0.1, -0.05) is 54.8 Å². The molecule has 1 aliphatic carbocycles. The van der Waals surface area contributed by atoms with Gasteiger partial charge >= 0.3 is 5.97 Å². The normalized spacial score (nSPS) is 14.4. The van der Waals surface area contributed by atoms with Gasteiger partial charge < -0.3 is 15.2 Å². The maximum absolute atomic E-state index is 14.2. The van der Waals surface area contributed by atoms with Gasteiger partial charge in [0.15, 0.2) is 0 Å². The Labute approximate surface area is 231 Å². The van der Waals surface area contributed by atoms with Crippen LogP contribution in [0.5, 0.6) is 5.75 Å². The third-order valence-electron chi connectivity index (χ3n) is 7.19. The quantitative estimate of drug-likeness (QED) is 0.321. The van der Waals surface area contributed by atoms with Gasteiger partial charge in [0.1, 0.15) is 23.9 Å². The van der Waals surface area contributed by atoms with Crippen molar-refractivity contribution < 1.29 is 24.2 Å². The summed E-state index contributed by atoms with van der Waals surface area (Å²) in [6.07, 6.45) is 4.91. The van der Waals surface area contributed by atoms with E-state index in [0.29, 0.717) is 22.3 Å². The second-order valence-electron chi connectivity index (χ2n) is 9.88. The monoisotopic (exact) mass is 541 g/mol. The van der Waals surface area contributed by atoms with Crippen LogP contribution in [0.25, 0.3) is 11.0 Å². The fraction of sp³-hybridized carbons (Fsp3) is 0.300. The molecule has 0 aliphatic heterocycles. The van der Waals surface area contributed by atoms with Crippen LogP contribution in [-0.4, -0.2) is 51.0 Å². The molecule has 40 heavy (non-hydrogen) atoms. The Morgan fingerprint density at radius 1 is 1.02 bits per heavy atom. The van der Waals surface area contributed by atoms with Crippen LogP contribution in [0.3, 0.4) is 0 Å². The van der Waals surface area contributed by atoms with Gasteiger partial charge in [-0.15, -0.1) is 5.10 Å². The molecule has 0 bridgehead atoms. The van der Waals surface area contributed by atoms with Crippen LogP contribution in [0.15, 0.2) is 72.8 Å². The summed E-state index contributed by atoms with van der Waals surface area (Å²) in [6, 6.07) is 18.8. The molecule has 4 aromatic rings. The largest absolute Gasteiger partial charge is 0.508 e. The molecule has 2 N–H and O–H groups in total. The first-order chi connectivity index (χ1) is 19.4. The van der Waals surface area contributed by atoms with Crippen LogP contribution in [0.4, 0.5) is 5.69 Å². The maximum Gasteiger partial charge on any atom is 0.337 e. The number of aromatic nitrogens is 3. The number of amides is 2. The van der Waals surface area contributed by atoms with Gasteiger partial charge in [-0.05, 0) is 60.9 Å².